The van der Waals surface area contributed by atoms with Gasteiger partial charge in [-0.15, -0.1) is 0 Å². The van der Waals surface area contributed by atoms with Crippen LogP contribution in [0.25, 0.3) is 0 Å². The average molecular weight is 538 g/mol. The van der Waals surface area contributed by atoms with E-state index < -0.39 is 23.8 Å². The van der Waals surface area contributed by atoms with Gasteiger partial charge in [-0.3, -0.25) is 9.59 Å². The molecular formula is C31H43N3O5. The summed E-state index contributed by atoms with van der Waals surface area (Å²) in [6.45, 7) is 13.3. The highest BCUT2D eigenvalue weighted by atomic mass is 16.6. The Hall–Kier alpha value is -3.55. The molecule has 0 spiro atoms. The minimum absolute atomic E-state index is 0.127. The number of benzene rings is 2. The first-order valence-corrected chi connectivity index (χ1v) is 13.7. The molecule has 2 aromatic rings. The molecule has 0 heterocycles. The second kappa shape index (κ2) is 12.5. The molecule has 212 valence electrons. The van der Waals surface area contributed by atoms with Crippen molar-refractivity contribution < 1.29 is 23.9 Å². The fourth-order valence-electron chi connectivity index (χ4n) is 4.52. The van der Waals surface area contributed by atoms with E-state index in [-0.39, 0.29) is 29.7 Å². The van der Waals surface area contributed by atoms with E-state index in [1.54, 1.807) is 57.0 Å². The predicted octanol–water partition coefficient (Wildman–Crippen LogP) is 5.86. The maximum absolute atomic E-state index is 14.4. The van der Waals surface area contributed by atoms with Crippen LogP contribution in [-0.4, -0.2) is 47.6 Å². The number of ether oxygens (including phenoxy) is 2. The van der Waals surface area contributed by atoms with E-state index in [9.17, 15) is 14.4 Å². The molecule has 1 aliphatic rings. The Kier molecular flexibility index (Phi) is 9.64. The highest BCUT2D eigenvalue weighted by Gasteiger charge is 2.48. The molecule has 0 aliphatic heterocycles. The van der Waals surface area contributed by atoms with Crippen LogP contribution in [0.1, 0.15) is 71.6 Å². The summed E-state index contributed by atoms with van der Waals surface area (Å²) >= 11 is 0. The molecule has 5 unspecified atom stereocenters. The van der Waals surface area contributed by atoms with Gasteiger partial charge in [0.15, 0.2) is 0 Å². The fourth-order valence-corrected chi connectivity index (χ4v) is 4.52. The molecule has 1 fully saturated rings. The van der Waals surface area contributed by atoms with Crippen LogP contribution in [0.2, 0.25) is 0 Å². The summed E-state index contributed by atoms with van der Waals surface area (Å²) in [5.41, 5.74) is 1.65. The lowest BCUT2D eigenvalue weighted by atomic mass is 9.95. The van der Waals surface area contributed by atoms with Crippen LogP contribution in [0.3, 0.4) is 0 Å². The summed E-state index contributed by atoms with van der Waals surface area (Å²) in [6.07, 6.45) is 0.788. The van der Waals surface area contributed by atoms with Crippen LogP contribution >= 0.6 is 0 Å². The van der Waals surface area contributed by atoms with Gasteiger partial charge in [0.2, 0.25) is 5.91 Å². The van der Waals surface area contributed by atoms with E-state index in [0.29, 0.717) is 23.4 Å². The molecule has 0 saturated heterocycles. The molecule has 2 N–H and O–H groups in total. The molecule has 0 bridgehead atoms. The van der Waals surface area contributed by atoms with Crippen molar-refractivity contribution in [3.63, 3.8) is 0 Å². The van der Waals surface area contributed by atoms with Gasteiger partial charge in [0.05, 0.1) is 7.11 Å². The third-order valence-electron chi connectivity index (χ3n) is 7.11. The molecule has 8 nitrogen and oxygen atoms in total. The van der Waals surface area contributed by atoms with Crippen LogP contribution in [0.5, 0.6) is 5.75 Å². The predicted molar refractivity (Wildman–Crippen MR) is 153 cm³/mol. The third kappa shape index (κ3) is 7.97. The Morgan fingerprint density at radius 3 is 2.13 bits per heavy atom. The van der Waals surface area contributed by atoms with Gasteiger partial charge < -0.3 is 25.0 Å². The van der Waals surface area contributed by atoms with Gasteiger partial charge in [0.1, 0.15) is 23.4 Å². The Morgan fingerprint density at radius 1 is 1.05 bits per heavy atom. The molecule has 3 amide bonds. The average Bonchev–Trinajstić information content (AvgIpc) is 3.60. The van der Waals surface area contributed by atoms with E-state index in [2.05, 4.69) is 17.6 Å². The van der Waals surface area contributed by atoms with E-state index >= 15 is 0 Å². The first-order valence-electron chi connectivity index (χ1n) is 13.7. The molecule has 1 saturated carbocycles. The summed E-state index contributed by atoms with van der Waals surface area (Å²) in [7, 11) is 1.58. The number of rotatable bonds is 10. The number of hydrogen-bond donors (Lipinski definition) is 2. The van der Waals surface area contributed by atoms with Crippen molar-refractivity contribution in [1.82, 2.24) is 10.2 Å². The third-order valence-corrected chi connectivity index (χ3v) is 7.11. The normalized spacial score (nSPS) is 18.8. The Labute approximate surface area is 232 Å². The van der Waals surface area contributed by atoms with Crippen LogP contribution < -0.4 is 15.4 Å². The van der Waals surface area contributed by atoms with Gasteiger partial charge in [-0.05, 0) is 75.8 Å². The van der Waals surface area contributed by atoms with Gasteiger partial charge in [-0.25, -0.2) is 4.79 Å². The van der Waals surface area contributed by atoms with Crippen molar-refractivity contribution in [2.24, 2.45) is 11.8 Å². The molecule has 0 aromatic heterocycles. The van der Waals surface area contributed by atoms with Crippen molar-refractivity contribution in [3.05, 3.63) is 59.7 Å². The quantitative estimate of drug-likeness (QED) is 0.396. The SMILES string of the molecule is CCC(C)C(NC(=O)OC(C)(C)C)C(=O)N(C(C(=O)Nc1ccc(OC)cc1)c1ccc(C)cc1)C1CC1C. The fraction of sp³-hybridized carbons (Fsp3) is 0.516. The van der Waals surface area contributed by atoms with Crippen molar-refractivity contribution in [2.45, 2.75) is 85.0 Å². The number of hydrogen-bond acceptors (Lipinski definition) is 5. The lowest BCUT2D eigenvalue weighted by Crippen LogP contribution is -2.55. The minimum Gasteiger partial charge on any atom is -0.497 e. The monoisotopic (exact) mass is 537 g/mol. The summed E-state index contributed by atoms with van der Waals surface area (Å²) in [5.74, 6) is 0.118. The topological polar surface area (TPSA) is 97.0 Å². The van der Waals surface area contributed by atoms with E-state index in [4.69, 9.17) is 9.47 Å². The largest absolute Gasteiger partial charge is 0.497 e. The lowest BCUT2D eigenvalue weighted by Gasteiger charge is -2.36. The Balaban J connectivity index is 2.01. The molecule has 5 atom stereocenters. The van der Waals surface area contributed by atoms with Crippen molar-refractivity contribution >= 4 is 23.6 Å². The van der Waals surface area contributed by atoms with Crippen molar-refractivity contribution in [2.75, 3.05) is 12.4 Å². The molecule has 1 aliphatic carbocycles. The van der Waals surface area contributed by atoms with E-state index in [1.807, 2.05) is 45.0 Å². The molecule has 0 radical (unpaired) electrons. The van der Waals surface area contributed by atoms with E-state index in [0.717, 1.165) is 12.0 Å². The summed E-state index contributed by atoms with van der Waals surface area (Å²) < 4.78 is 10.7. The maximum atomic E-state index is 14.4. The molecule has 39 heavy (non-hydrogen) atoms. The second-order valence-corrected chi connectivity index (χ2v) is 11.6. The zero-order valence-electron chi connectivity index (χ0n) is 24.4. The van der Waals surface area contributed by atoms with Crippen LogP contribution in [0, 0.1) is 18.8 Å². The molecule has 8 heteroatoms. The highest BCUT2D eigenvalue weighted by Crippen LogP contribution is 2.41. The number of anilines is 1. The van der Waals surface area contributed by atoms with Crippen molar-refractivity contribution in [3.8, 4) is 5.75 Å². The Morgan fingerprint density at radius 2 is 1.64 bits per heavy atom. The number of aryl methyl sites for hydroxylation is 1. The number of nitrogens with zero attached hydrogens (tertiary/aromatic N) is 1. The number of carbonyl (C=O) groups excluding carboxylic acids is 3. The van der Waals surface area contributed by atoms with Crippen LogP contribution in [-0.2, 0) is 14.3 Å². The minimum atomic E-state index is -0.887. The summed E-state index contributed by atoms with van der Waals surface area (Å²) in [4.78, 5) is 42.8. The number of amides is 3. The van der Waals surface area contributed by atoms with E-state index in [1.165, 1.54) is 0 Å². The van der Waals surface area contributed by atoms with Gasteiger partial charge in [-0.2, -0.15) is 0 Å². The summed E-state index contributed by atoms with van der Waals surface area (Å²) in [5, 5.41) is 5.81. The maximum Gasteiger partial charge on any atom is 0.408 e. The van der Waals surface area contributed by atoms with Crippen LogP contribution in [0.4, 0.5) is 10.5 Å². The number of nitrogens with one attached hydrogen (secondary N) is 2. The van der Waals surface area contributed by atoms with Gasteiger partial charge in [0.25, 0.3) is 5.91 Å². The smallest absolute Gasteiger partial charge is 0.408 e. The van der Waals surface area contributed by atoms with Gasteiger partial charge in [0, 0.05) is 11.7 Å². The van der Waals surface area contributed by atoms with Crippen LogP contribution in [0.15, 0.2) is 48.5 Å². The second-order valence-electron chi connectivity index (χ2n) is 11.6. The van der Waals surface area contributed by atoms with Gasteiger partial charge in [-0.1, -0.05) is 57.0 Å². The zero-order chi connectivity index (χ0) is 28.9. The standard InChI is InChI=1S/C31H43N3O5/c1-9-20(3)26(33-30(37)39-31(5,6)7)29(36)34(25-18-21(25)4)27(22-12-10-19(2)11-13-22)28(35)32-23-14-16-24(38-8)17-15-23/h10-17,20-21,25-27H,9,18H2,1-8H3,(H,32,35)(H,33,37). The van der Waals surface area contributed by atoms with Crippen molar-refractivity contribution in [1.29, 1.82) is 0 Å². The highest BCUT2D eigenvalue weighted by molar-refractivity contribution is 5.99. The first kappa shape index (κ1) is 30.0. The van der Waals surface area contributed by atoms with Gasteiger partial charge >= 0.3 is 6.09 Å². The zero-order valence-corrected chi connectivity index (χ0v) is 24.4. The molecular weight excluding hydrogens is 494 g/mol. The Bertz CT molecular complexity index is 1140. The summed E-state index contributed by atoms with van der Waals surface area (Å²) in [6, 6.07) is 12.9. The first-order chi connectivity index (χ1) is 18.3. The number of alkyl carbamates (subject to hydrolysis) is 1. The number of carbonyl (C=O) groups is 3. The number of methoxy groups -OCH3 is 1. The molecule has 3 rings (SSSR count). The lowest BCUT2D eigenvalue weighted by molar-refractivity contribution is -0.142. The molecule has 2 aromatic carbocycles.